The molecule has 1 atom stereocenters. The number of anilines is 1. The van der Waals surface area contributed by atoms with Crippen molar-refractivity contribution < 1.29 is 13.2 Å². The molecule has 1 N–H and O–H groups in total. The maximum absolute atomic E-state index is 12.4. The molecule has 1 fully saturated rings. The molecule has 0 saturated carbocycles. The second-order valence-corrected chi connectivity index (χ2v) is 8.09. The van der Waals surface area contributed by atoms with Gasteiger partial charge >= 0.3 is 0 Å². The Morgan fingerprint density at radius 1 is 1.28 bits per heavy atom. The molecule has 1 aliphatic rings. The third-order valence-corrected chi connectivity index (χ3v) is 5.65. The van der Waals surface area contributed by atoms with Crippen LogP contribution in [0.1, 0.15) is 19.8 Å². The van der Waals surface area contributed by atoms with Crippen molar-refractivity contribution in [1.29, 1.82) is 0 Å². The fourth-order valence-electron chi connectivity index (χ4n) is 2.85. The van der Waals surface area contributed by atoms with E-state index in [4.69, 9.17) is 0 Å². The average Bonchev–Trinajstić information content (AvgIpc) is 3.25. The molecule has 0 radical (unpaired) electrons. The highest BCUT2D eigenvalue weighted by atomic mass is 32.2. The number of hydrogen-bond donors (Lipinski definition) is 1. The van der Waals surface area contributed by atoms with Crippen LogP contribution in [0.5, 0.6) is 0 Å². The largest absolute Gasteiger partial charge is 0.312 e. The van der Waals surface area contributed by atoms with Crippen LogP contribution in [-0.2, 0) is 21.4 Å². The zero-order valence-electron chi connectivity index (χ0n) is 14.1. The van der Waals surface area contributed by atoms with Crippen LogP contribution in [0.15, 0.2) is 47.6 Å². The van der Waals surface area contributed by atoms with E-state index in [9.17, 15) is 13.2 Å². The van der Waals surface area contributed by atoms with Gasteiger partial charge in [0.25, 0.3) is 0 Å². The molecule has 25 heavy (non-hydrogen) atoms. The molecule has 134 valence electrons. The van der Waals surface area contributed by atoms with Gasteiger partial charge in [-0.05, 0) is 42.7 Å². The summed E-state index contributed by atoms with van der Waals surface area (Å²) in [6.45, 7) is 3.63. The number of hydrogen-bond acceptors (Lipinski definition) is 4. The lowest BCUT2D eigenvalue weighted by Crippen LogP contribution is -2.30. The van der Waals surface area contributed by atoms with Crippen LogP contribution in [0.4, 0.5) is 5.69 Å². The smallest absolute Gasteiger partial charge is 0.240 e. The van der Waals surface area contributed by atoms with Gasteiger partial charge in [-0.2, -0.15) is 5.10 Å². The first-order chi connectivity index (χ1) is 12.0. The Hall–Kier alpha value is -2.19. The molecular weight excluding hydrogens is 340 g/mol. The van der Waals surface area contributed by atoms with Crippen molar-refractivity contribution in [2.24, 2.45) is 5.92 Å². The Balaban J connectivity index is 1.60. The number of amides is 1. The van der Waals surface area contributed by atoms with Gasteiger partial charge in [-0.1, -0.05) is 6.92 Å². The Bertz CT molecular complexity index is 816. The van der Waals surface area contributed by atoms with E-state index >= 15 is 0 Å². The van der Waals surface area contributed by atoms with Gasteiger partial charge < -0.3 is 4.90 Å². The summed E-state index contributed by atoms with van der Waals surface area (Å²) in [5.74, 6) is 0.192. The first-order valence-electron chi connectivity index (χ1n) is 8.33. The predicted molar refractivity (Wildman–Crippen MR) is 94.6 cm³/mol. The van der Waals surface area contributed by atoms with Crippen molar-refractivity contribution in [2.75, 3.05) is 18.0 Å². The van der Waals surface area contributed by atoms with E-state index in [1.165, 1.54) is 0 Å². The molecule has 1 saturated heterocycles. The number of carbonyl (C=O) groups excluding carboxylic acids is 1. The lowest BCUT2D eigenvalue weighted by molar-refractivity contribution is -0.117. The summed E-state index contributed by atoms with van der Waals surface area (Å²) >= 11 is 0. The van der Waals surface area contributed by atoms with Gasteiger partial charge in [0.05, 0.1) is 4.90 Å². The normalized spacial score (nSPS) is 16.4. The third kappa shape index (κ3) is 4.26. The van der Waals surface area contributed by atoms with Crippen LogP contribution in [0.25, 0.3) is 0 Å². The van der Waals surface area contributed by atoms with Crippen molar-refractivity contribution in [2.45, 2.75) is 31.2 Å². The molecule has 7 nitrogen and oxygen atoms in total. The number of benzene rings is 1. The van der Waals surface area contributed by atoms with E-state index in [-0.39, 0.29) is 16.7 Å². The van der Waals surface area contributed by atoms with Crippen molar-refractivity contribution in [3.05, 3.63) is 42.7 Å². The van der Waals surface area contributed by atoms with Crippen LogP contribution in [0, 0.1) is 5.92 Å². The van der Waals surface area contributed by atoms with Crippen molar-refractivity contribution in [3.63, 3.8) is 0 Å². The molecule has 0 aliphatic carbocycles. The quantitative estimate of drug-likeness (QED) is 0.811. The monoisotopic (exact) mass is 362 g/mol. The zero-order chi connectivity index (χ0) is 17.9. The molecular formula is C17H22N4O3S. The molecule has 1 aromatic carbocycles. The summed E-state index contributed by atoms with van der Waals surface area (Å²) in [5, 5.41) is 4.12. The van der Waals surface area contributed by atoms with Crippen LogP contribution in [-0.4, -0.2) is 37.2 Å². The highest BCUT2D eigenvalue weighted by molar-refractivity contribution is 7.89. The minimum atomic E-state index is -3.57. The number of nitrogens with zero attached hydrogens (tertiary/aromatic N) is 3. The maximum atomic E-state index is 12.4. The van der Waals surface area contributed by atoms with E-state index in [1.54, 1.807) is 40.0 Å². The van der Waals surface area contributed by atoms with E-state index < -0.39 is 10.0 Å². The van der Waals surface area contributed by atoms with Crippen LogP contribution in [0.2, 0.25) is 0 Å². The molecule has 2 heterocycles. The molecule has 3 rings (SSSR count). The summed E-state index contributed by atoms with van der Waals surface area (Å²) in [6, 6.07) is 8.29. The van der Waals surface area contributed by atoms with Gasteiger partial charge in [0.2, 0.25) is 15.9 Å². The number of carbonyl (C=O) groups is 1. The minimum absolute atomic E-state index is 0.0844. The van der Waals surface area contributed by atoms with E-state index in [1.807, 2.05) is 19.2 Å². The maximum Gasteiger partial charge on any atom is 0.240 e. The van der Waals surface area contributed by atoms with Crippen LogP contribution >= 0.6 is 0 Å². The van der Waals surface area contributed by atoms with Gasteiger partial charge in [-0.25, -0.2) is 13.1 Å². The standard InChI is InChI=1S/C17H22N4O3S/c1-14(13-20-10-3-9-18-20)12-19-25(23,24)16-7-5-15(6-8-16)21-11-2-4-17(21)22/h3,5-10,14,19H,2,4,11-13H2,1H3/t14-/m1/s1. The Morgan fingerprint density at radius 2 is 2.04 bits per heavy atom. The summed E-state index contributed by atoms with van der Waals surface area (Å²) in [7, 11) is -3.57. The van der Waals surface area contributed by atoms with Crippen molar-refractivity contribution in [3.8, 4) is 0 Å². The SMILES string of the molecule is C[C@H](CNS(=O)(=O)c1ccc(N2CCCC2=O)cc1)Cn1cccn1. The summed E-state index contributed by atoms with van der Waals surface area (Å²) in [4.78, 5) is 13.6. The van der Waals surface area contributed by atoms with Gasteiger partial charge in [0.1, 0.15) is 0 Å². The lowest BCUT2D eigenvalue weighted by Gasteiger charge is -2.16. The van der Waals surface area contributed by atoms with Gasteiger partial charge in [0.15, 0.2) is 0 Å². The number of aromatic nitrogens is 2. The van der Waals surface area contributed by atoms with Crippen LogP contribution in [0.3, 0.4) is 0 Å². The molecule has 0 bridgehead atoms. The summed E-state index contributed by atoms with van der Waals surface area (Å²) < 4.78 is 29.3. The number of rotatable bonds is 7. The van der Waals surface area contributed by atoms with E-state index in [0.717, 1.165) is 12.1 Å². The molecule has 1 aliphatic heterocycles. The molecule has 1 amide bonds. The fourth-order valence-corrected chi connectivity index (χ4v) is 4.02. The summed E-state index contributed by atoms with van der Waals surface area (Å²) in [5.41, 5.74) is 0.744. The first-order valence-corrected chi connectivity index (χ1v) is 9.81. The van der Waals surface area contributed by atoms with Crippen LogP contribution < -0.4 is 9.62 Å². The minimum Gasteiger partial charge on any atom is -0.312 e. The highest BCUT2D eigenvalue weighted by Crippen LogP contribution is 2.22. The van der Waals surface area contributed by atoms with Gasteiger partial charge in [-0.3, -0.25) is 9.48 Å². The molecule has 0 unspecified atom stereocenters. The second-order valence-electron chi connectivity index (χ2n) is 6.33. The highest BCUT2D eigenvalue weighted by Gasteiger charge is 2.22. The fraction of sp³-hybridized carbons (Fsp3) is 0.412. The Labute approximate surface area is 147 Å². The second kappa shape index (κ2) is 7.37. The lowest BCUT2D eigenvalue weighted by atomic mass is 10.2. The summed E-state index contributed by atoms with van der Waals surface area (Å²) in [6.07, 6.45) is 4.94. The van der Waals surface area contributed by atoms with Gasteiger partial charge in [-0.15, -0.1) is 0 Å². The Kier molecular flexibility index (Phi) is 5.19. The first kappa shape index (κ1) is 17.6. The number of nitrogens with one attached hydrogen (secondary N) is 1. The average molecular weight is 362 g/mol. The molecule has 8 heteroatoms. The molecule has 1 aromatic heterocycles. The Morgan fingerprint density at radius 3 is 2.64 bits per heavy atom. The topological polar surface area (TPSA) is 84.3 Å². The van der Waals surface area contributed by atoms with Crippen molar-refractivity contribution >= 4 is 21.6 Å². The molecule has 2 aromatic rings. The van der Waals surface area contributed by atoms with Gasteiger partial charge in [0, 0.05) is 44.1 Å². The predicted octanol–water partition coefficient (Wildman–Crippen LogP) is 1.62. The van der Waals surface area contributed by atoms with E-state index in [0.29, 0.717) is 26.1 Å². The molecule has 0 spiro atoms. The van der Waals surface area contributed by atoms with Crippen molar-refractivity contribution in [1.82, 2.24) is 14.5 Å². The van der Waals surface area contributed by atoms with E-state index in [2.05, 4.69) is 9.82 Å². The third-order valence-electron chi connectivity index (χ3n) is 4.21. The zero-order valence-corrected chi connectivity index (χ0v) is 14.9. The number of sulfonamides is 1.